The molecule has 184 valence electrons. The molecule has 0 N–H and O–H groups in total. The molecule has 0 aliphatic carbocycles. The van der Waals surface area contributed by atoms with Gasteiger partial charge < -0.3 is 23.7 Å². The van der Waals surface area contributed by atoms with Crippen LogP contribution in [-0.4, -0.2) is 58.8 Å². The predicted molar refractivity (Wildman–Crippen MR) is 114 cm³/mol. The lowest BCUT2D eigenvalue weighted by atomic mass is 10.1. The van der Waals surface area contributed by atoms with E-state index >= 15 is 0 Å². The van der Waals surface area contributed by atoms with Gasteiger partial charge in [-0.2, -0.15) is 0 Å². The van der Waals surface area contributed by atoms with Gasteiger partial charge in [-0.15, -0.1) is 0 Å². The van der Waals surface area contributed by atoms with Crippen LogP contribution in [0.25, 0.3) is 0 Å². The number of carbonyl (C=O) groups is 2. The molecule has 2 fully saturated rings. The second kappa shape index (κ2) is 9.37. The van der Waals surface area contributed by atoms with Crippen LogP contribution in [-0.2, 0) is 23.7 Å². The van der Waals surface area contributed by atoms with E-state index in [0.29, 0.717) is 0 Å². The van der Waals surface area contributed by atoms with Crippen LogP contribution in [0.1, 0.15) is 34.6 Å². The lowest BCUT2D eigenvalue weighted by molar-refractivity contribution is -0.385. The average molecular weight is 488 g/mol. The fourth-order valence-corrected chi connectivity index (χ4v) is 3.72. The molecule has 0 amide bonds. The van der Waals surface area contributed by atoms with Crippen molar-refractivity contribution in [2.75, 3.05) is 6.61 Å². The van der Waals surface area contributed by atoms with Crippen molar-refractivity contribution in [3.05, 3.63) is 79.9 Å². The van der Waals surface area contributed by atoms with Crippen molar-refractivity contribution in [3.63, 3.8) is 0 Å². The van der Waals surface area contributed by atoms with Crippen molar-refractivity contribution in [2.24, 2.45) is 0 Å². The highest BCUT2D eigenvalue weighted by atomic mass is 16.8. The van der Waals surface area contributed by atoms with Gasteiger partial charge in [0.15, 0.2) is 11.9 Å². The number of non-ortho nitro benzene ring substituents is 2. The van der Waals surface area contributed by atoms with Gasteiger partial charge >= 0.3 is 11.9 Å². The van der Waals surface area contributed by atoms with Gasteiger partial charge in [-0.3, -0.25) is 20.2 Å². The highest BCUT2D eigenvalue weighted by molar-refractivity contribution is 5.90. The van der Waals surface area contributed by atoms with Crippen LogP contribution >= 0.6 is 0 Å². The second-order valence-electron chi connectivity index (χ2n) is 8.22. The number of hydrogen-bond donors (Lipinski definition) is 0. The maximum atomic E-state index is 12.6. The Hall–Kier alpha value is -3.94. The number of carbonyl (C=O) groups excluding carboxylic acids is 2. The maximum absolute atomic E-state index is 12.6. The van der Waals surface area contributed by atoms with E-state index in [1.54, 1.807) is 13.8 Å². The van der Waals surface area contributed by atoms with Crippen molar-refractivity contribution >= 4 is 23.3 Å². The van der Waals surface area contributed by atoms with Gasteiger partial charge in [0.2, 0.25) is 6.29 Å². The zero-order valence-electron chi connectivity index (χ0n) is 18.5. The van der Waals surface area contributed by atoms with Crippen LogP contribution in [0, 0.1) is 20.2 Å². The second-order valence-corrected chi connectivity index (χ2v) is 8.22. The van der Waals surface area contributed by atoms with Gasteiger partial charge in [-0.25, -0.2) is 9.59 Å². The van der Waals surface area contributed by atoms with E-state index in [1.807, 2.05) is 0 Å². The number of fused-ring (bicyclic) bond motifs is 1. The molecule has 0 unspecified atom stereocenters. The normalized spacial score (nSPS) is 24.4. The standard InChI is InChI=1S/C22H20N2O11/c1-22(2)34-17-16(11-31-19(25)12-3-7-14(8-4-12)23(27)28)32-21(18(17)35-22)33-20(26)13-5-9-15(10-6-13)24(29)30/h3-10,16-18,21H,11H2,1-2H3/t16-,17-,18-,21+/m1/s1. The lowest BCUT2D eigenvalue weighted by Gasteiger charge is -2.24. The highest BCUT2D eigenvalue weighted by Crippen LogP contribution is 2.39. The number of nitro groups is 2. The summed E-state index contributed by atoms with van der Waals surface area (Å²) in [6, 6.07) is 9.77. The Kier molecular flexibility index (Phi) is 6.47. The van der Waals surface area contributed by atoms with Gasteiger partial charge in [-0.1, -0.05) is 0 Å². The summed E-state index contributed by atoms with van der Waals surface area (Å²) in [5.74, 6) is -2.54. The summed E-state index contributed by atoms with van der Waals surface area (Å²) in [4.78, 5) is 45.3. The van der Waals surface area contributed by atoms with Crippen LogP contribution in [0.2, 0.25) is 0 Å². The topological polar surface area (TPSA) is 167 Å². The molecule has 35 heavy (non-hydrogen) atoms. The smallest absolute Gasteiger partial charge is 0.340 e. The van der Waals surface area contributed by atoms with E-state index in [9.17, 15) is 29.8 Å². The van der Waals surface area contributed by atoms with Crippen LogP contribution in [0.15, 0.2) is 48.5 Å². The summed E-state index contributed by atoms with van der Waals surface area (Å²) in [5, 5.41) is 21.6. The third-order valence-corrected chi connectivity index (χ3v) is 5.34. The average Bonchev–Trinajstić information content (AvgIpc) is 3.30. The van der Waals surface area contributed by atoms with Gasteiger partial charge in [0, 0.05) is 24.3 Å². The third-order valence-electron chi connectivity index (χ3n) is 5.34. The number of ether oxygens (including phenoxy) is 5. The van der Waals surface area contributed by atoms with E-state index in [4.69, 9.17) is 23.7 Å². The minimum Gasteiger partial charge on any atom is -0.459 e. The number of nitro benzene ring substituents is 2. The van der Waals surface area contributed by atoms with Crippen molar-refractivity contribution in [3.8, 4) is 0 Å². The Bertz CT molecular complexity index is 1150. The molecule has 2 heterocycles. The molecule has 4 atom stereocenters. The number of nitrogens with zero attached hydrogens (tertiary/aromatic N) is 2. The summed E-state index contributed by atoms with van der Waals surface area (Å²) in [6.07, 6.45) is -3.55. The maximum Gasteiger partial charge on any atom is 0.340 e. The molecule has 0 bridgehead atoms. The lowest BCUT2D eigenvalue weighted by Crippen LogP contribution is -2.33. The van der Waals surface area contributed by atoms with Crippen molar-refractivity contribution in [2.45, 2.75) is 44.2 Å². The van der Waals surface area contributed by atoms with E-state index in [-0.39, 0.29) is 29.1 Å². The Morgan fingerprint density at radius 2 is 1.34 bits per heavy atom. The van der Waals surface area contributed by atoms with Crippen LogP contribution in [0.4, 0.5) is 11.4 Å². The van der Waals surface area contributed by atoms with E-state index in [2.05, 4.69) is 0 Å². The van der Waals surface area contributed by atoms with Crippen molar-refractivity contribution in [1.29, 1.82) is 0 Å². The fraction of sp³-hybridized carbons (Fsp3) is 0.364. The van der Waals surface area contributed by atoms with Crippen LogP contribution in [0.5, 0.6) is 0 Å². The molecule has 0 radical (unpaired) electrons. The molecule has 13 nitrogen and oxygen atoms in total. The largest absolute Gasteiger partial charge is 0.459 e. The molecule has 2 aliphatic rings. The number of esters is 2. The Morgan fingerprint density at radius 1 is 0.857 bits per heavy atom. The van der Waals surface area contributed by atoms with E-state index < -0.39 is 52.2 Å². The quantitative estimate of drug-likeness (QED) is 0.319. The first kappa shape index (κ1) is 24.2. The first-order valence-electron chi connectivity index (χ1n) is 10.4. The molecular formula is C22H20N2O11. The number of hydrogen-bond acceptors (Lipinski definition) is 11. The summed E-state index contributed by atoms with van der Waals surface area (Å²) in [6.45, 7) is 3.07. The van der Waals surface area contributed by atoms with Crippen LogP contribution in [0.3, 0.4) is 0 Å². The molecule has 13 heteroatoms. The molecule has 2 aromatic rings. The summed E-state index contributed by atoms with van der Waals surface area (Å²) >= 11 is 0. The summed E-state index contributed by atoms with van der Waals surface area (Å²) in [5.41, 5.74) is -0.167. The molecule has 2 aliphatic heterocycles. The van der Waals surface area contributed by atoms with E-state index in [0.717, 1.165) is 0 Å². The molecular weight excluding hydrogens is 468 g/mol. The Morgan fingerprint density at radius 3 is 1.86 bits per heavy atom. The first-order valence-corrected chi connectivity index (χ1v) is 10.4. The zero-order valence-corrected chi connectivity index (χ0v) is 18.5. The zero-order chi connectivity index (χ0) is 25.3. The molecule has 2 aromatic carbocycles. The van der Waals surface area contributed by atoms with Gasteiger partial charge in [0.1, 0.15) is 18.8 Å². The van der Waals surface area contributed by atoms with Gasteiger partial charge in [-0.05, 0) is 38.1 Å². The van der Waals surface area contributed by atoms with Crippen LogP contribution < -0.4 is 0 Å². The highest BCUT2D eigenvalue weighted by Gasteiger charge is 2.57. The molecule has 0 spiro atoms. The van der Waals surface area contributed by atoms with Crippen molar-refractivity contribution in [1.82, 2.24) is 0 Å². The van der Waals surface area contributed by atoms with Crippen molar-refractivity contribution < 1.29 is 43.1 Å². The molecule has 4 rings (SSSR count). The van der Waals surface area contributed by atoms with E-state index in [1.165, 1.54) is 48.5 Å². The monoisotopic (exact) mass is 488 g/mol. The minimum absolute atomic E-state index is 0.0713. The molecule has 0 aromatic heterocycles. The first-order chi connectivity index (χ1) is 16.5. The molecule has 2 saturated heterocycles. The SMILES string of the molecule is CC1(C)O[C@H]2[C@H](OC(=O)c3ccc([N+](=O)[O-])cc3)O[C@H](COC(=O)c3ccc([N+](=O)[O-])cc3)[C@H]2O1. The molecule has 0 saturated carbocycles. The van der Waals surface area contributed by atoms with Gasteiger partial charge in [0.05, 0.1) is 21.0 Å². The Labute approximate surface area is 197 Å². The summed E-state index contributed by atoms with van der Waals surface area (Å²) in [7, 11) is 0. The summed E-state index contributed by atoms with van der Waals surface area (Å²) < 4.78 is 28.1. The number of rotatable bonds is 7. The third kappa shape index (κ3) is 5.26. The number of benzene rings is 2. The minimum atomic E-state index is -1.19. The fourth-order valence-electron chi connectivity index (χ4n) is 3.72. The Balaban J connectivity index is 1.41. The van der Waals surface area contributed by atoms with Gasteiger partial charge in [0.25, 0.3) is 11.4 Å². The predicted octanol–water partition coefficient (Wildman–Crippen LogP) is 2.76.